The summed E-state index contributed by atoms with van der Waals surface area (Å²) in [5.41, 5.74) is 0.360. The SMILES string of the molecule is CC(C)(C)OC(=O)N1CCN(c2nc3c(Nc4cc(F)c(Oc5ccn6ncnc6c5)cc4F)ncnc3cc2Br)C[C@H]1CO. The number of amides is 1. The van der Waals surface area contributed by atoms with Crippen molar-refractivity contribution in [3.05, 3.63) is 65.3 Å². The van der Waals surface area contributed by atoms with Gasteiger partial charge in [0.05, 0.1) is 28.3 Å². The number of aliphatic hydroxyl groups excluding tert-OH is 1. The van der Waals surface area contributed by atoms with E-state index < -0.39 is 29.4 Å². The van der Waals surface area contributed by atoms with Gasteiger partial charge in [-0.1, -0.05) is 0 Å². The molecule has 0 aliphatic carbocycles. The predicted octanol–water partition coefficient (Wildman–Crippen LogP) is 5.06. The van der Waals surface area contributed by atoms with E-state index in [0.29, 0.717) is 33.5 Å². The molecular weight excluding hydrogens is 656 g/mol. The average Bonchev–Trinajstić information content (AvgIpc) is 3.46. The molecule has 0 spiro atoms. The van der Waals surface area contributed by atoms with Crippen molar-refractivity contribution in [3.8, 4) is 11.5 Å². The number of piperazine rings is 1. The van der Waals surface area contributed by atoms with Crippen LogP contribution in [0.4, 0.5) is 30.9 Å². The highest BCUT2D eigenvalue weighted by Crippen LogP contribution is 2.34. The molecule has 0 unspecified atom stereocenters. The first kappa shape index (κ1) is 30.3. The molecule has 234 valence electrons. The lowest BCUT2D eigenvalue weighted by molar-refractivity contribution is 0.00698. The van der Waals surface area contributed by atoms with Gasteiger partial charge in [-0.25, -0.2) is 38.0 Å². The summed E-state index contributed by atoms with van der Waals surface area (Å²) in [5, 5.41) is 16.9. The minimum Gasteiger partial charge on any atom is -0.454 e. The Morgan fingerprint density at radius 2 is 1.93 bits per heavy atom. The minimum absolute atomic E-state index is 0.143. The van der Waals surface area contributed by atoms with Crippen LogP contribution in [0.25, 0.3) is 16.7 Å². The fourth-order valence-electron chi connectivity index (χ4n) is 4.85. The number of carbonyl (C=O) groups excluding carboxylic acids is 1. The summed E-state index contributed by atoms with van der Waals surface area (Å²) >= 11 is 3.55. The Morgan fingerprint density at radius 3 is 2.71 bits per heavy atom. The van der Waals surface area contributed by atoms with Gasteiger partial charge >= 0.3 is 6.09 Å². The molecule has 1 atom stereocenters. The largest absolute Gasteiger partial charge is 0.454 e. The second kappa shape index (κ2) is 12.0. The van der Waals surface area contributed by atoms with Crippen molar-refractivity contribution in [2.45, 2.75) is 32.4 Å². The summed E-state index contributed by atoms with van der Waals surface area (Å²) in [6.07, 6.45) is 3.73. The molecule has 13 nitrogen and oxygen atoms in total. The first-order valence-electron chi connectivity index (χ1n) is 13.9. The van der Waals surface area contributed by atoms with Gasteiger partial charge in [0.15, 0.2) is 28.8 Å². The molecule has 1 aliphatic heterocycles. The van der Waals surface area contributed by atoms with Crippen LogP contribution in [0.3, 0.4) is 0 Å². The fourth-order valence-corrected chi connectivity index (χ4v) is 5.40. The summed E-state index contributed by atoms with van der Waals surface area (Å²) in [4.78, 5) is 33.5. The number of pyridine rings is 2. The number of aliphatic hydroxyl groups is 1. The Morgan fingerprint density at radius 1 is 1.11 bits per heavy atom. The summed E-state index contributed by atoms with van der Waals surface area (Å²) in [7, 11) is 0. The molecule has 0 radical (unpaired) electrons. The van der Waals surface area contributed by atoms with Crippen LogP contribution in [0.2, 0.25) is 0 Å². The van der Waals surface area contributed by atoms with Crippen molar-refractivity contribution in [1.82, 2.24) is 34.4 Å². The highest BCUT2D eigenvalue weighted by atomic mass is 79.9. The van der Waals surface area contributed by atoms with Gasteiger partial charge in [-0.3, -0.25) is 4.90 Å². The van der Waals surface area contributed by atoms with Crippen LogP contribution >= 0.6 is 15.9 Å². The van der Waals surface area contributed by atoms with E-state index in [-0.39, 0.29) is 42.7 Å². The van der Waals surface area contributed by atoms with Crippen molar-refractivity contribution >= 4 is 56.0 Å². The second-order valence-corrected chi connectivity index (χ2v) is 12.1. The monoisotopic (exact) mass is 683 g/mol. The van der Waals surface area contributed by atoms with E-state index in [1.54, 1.807) is 45.2 Å². The quantitative estimate of drug-likeness (QED) is 0.248. The molecule has 1 aliphatic rings. The van der Waals surface area contributed by atoms with Crippen LogP contribution in [0.1, 0.15) is 20.8 Å². The molecule has 5 aromatic rings. The Kier molecular flexibility index (Phi) is 8.09. The second-order valence-electron chi connectivity index (χ2n) is 11.3. The van der Waals surface area contributed by atoms with Gasteiger partial charge in [-0.05, 0) is 48.8 Å². The number of anilines is 3. The molecule has 16 heteroatoms. The van der Waals surface area contributed by atoms with Crippen LogP contribution in [-0.4, -0.2) is 83.5 Å². The van der Waals surface area contributed by atoms with E-state index in [9.17, 15) is 9.90 Å². The van der Waals surface area contributed by atoms with Crippen molar-refractivity contribution in [2.24, 2.45) is 0 Å². The molecular formula is C29H28BrF2N9O4. The zero-order valence-corrected chi connectivity index (χ0v) is 26.0. The van der Waals surface area contributed by atoms with Gasteiger partial charge in [-0.2, -0.15) is 5.10 Å². The maximum atomic E-state index is 15.3. The maximum absolute atomic E-state index is 15.3. The van der Waals surface area contributed by atoms with E-state index in [0.717, 1.165) is 12.1 Å². The van der Waals surface area contributed by atoms with Gasteiger partial charge in [-0.15, -0.1) is 0 Å². The fraction of sp³-hybridized carbons (Fsp3) is 0.310. The van der Waals surface area contributed by atoms with E-state index in [1.165, 1.54) is 22.1 Å². The number of nitrogens with zero attached hydrogens (tertiary/aromatic N) is 8. The van der Waals surface area contributed by atoms with Crippen molar-refractivity contribution in [3.63, 3.8) is 0 Å². The predicted molar refractivity (Wildman–Crippen MR) is 164 cm³/mol. The molecule has 1 fully saturated rings. The van der Waals surface area contributed by atoms with Crippen molar-refractivity contribution in [2.75, 3.05) is 36.5 Å². The van der Waals surface area contributed by atoms with Crippen molar-refractivity contribution < 1.29 is 28.2 Å². The number of hydrogen-bond donors (Lipinski definition) is 2. The Balaban J connectivity index is 1.25. The Labute approximate surface area is 264 Å². The number of halogens is 3. The van der Waals surface area contributed by atoms with Gasteiger partial charge in [0, 0.05) is 44.0 Å². The minimum atomic E-state index is -0.812. The van der Waals surface area contributed by atoms with Crippen LogP contribution < -0.4 is 15.0 Å². The molecule has 0 bridgehead atoms. The van der Waals surface area contributed by atoms with E-state index in [1.807, 2.05) is 4.90 Å². The molecule has 1 aromatic carbocycles. The number of ether oxygens (including phenoxy) is 2. The molecule has 4 aromatic heterocycles. The summed E-state index contributed by atoms with van der Waals surface area (Å²) < 4.78 is 43.6. The van der Waals surface area contributed by atoms with Crippen LogP contribution in [-0.2, 0) is 4.74 Å². The topological polar surface area (TPSA) is 143 Å². The maximum Gasteiger partial charge on any atom is 0.410 e. The number of hydrogen-bond acceptors (Lipinski definition) is 11. The lowest BCUT2D eigenvalue weighted by Crippen LogP contribution is -2.57. The first-order chi connectivity index (χ1) is 21.5. The highest BCUT2D eigenvalue weighted by Gasteiger charge is 2.34. The summed E-state index contributed by atoms with van der Waals surface area (Å²) in [5.74, 6) is -1.01. The number of rotatable bonds is 6. The smallest absolute Gasteiger partial charge is 0.410 e. The molecule has 2 N–H and O–H groups in total. The summed E-state index contributed by atoms with van der Waals surface area (Å²) in [6, 6.07) is 6.20. The van der Waals surface area contributed by atoms with E-state index in [4.69, 9.17) is 14.5 Å². The van der Waals surface area contributed by atoms with E-state index >= 15 is 8.78 Å². The van der Waals surface area contributed by atoms with Crippen molar-refractivity contribution in [1.29, 1.82) is 0 Å². The zero-order chi connectivity index (χ0) is 31.9. The highest BCUT2D eigenvalue weighted by molar-refractivity contribution is 9.10. The third-order valence-corrected chi connectivity index (χ3v) is 7.50. The normalized spacial score (nSPS) is 15.5. The Bertz CT molecular complexity index is 1900. The number of nitrogens with one attached hydrogen (secondary N) is 1. The molecule has 5 heterocycles. The van der Waals surface area contributed by atoms with Crippen LogP contribution in [0.15, 0.2) is 53.7 Å². The number of aromatic nitrogens is 6. The standard InChI is InChI=1S/C29H28BrF2N9O4/c1-29(2,3)45-28(43)40-7-6-39(12-16(40)13-42)27-18(30)9-22-25(38-27)26(35-14-33-22)37-21-10-20(32)23(11-19(21)31)44-17-4-5-41-24(8-17)34-15-36-41/h4-5,8-11,14-16,42H,6-7,12-13H2,1-3H3,(H,33,35,37)/t16-/m0/s1. The number of fused-ring (bicyclic) bond motifs is 2. The third kappa shape index (κ3) is 6.42. The molecule has 6 rings (SSSR count). The summed E-state index contributed by atoms with van der Waals surface area (Å²) in [6.45, 7) is 6.02. The first-order valence-corrected chi connectivity index (χ1v) is 14.7. The molecule has 1 amide bonds. The van der Waals surface area contributed by atoms with Crippen LogP contribution in [0.5, 0.6) is 11.5 Å². The number of benzene rings is 1. The van der Waals surface area contributed by atoms with E-state index in [2.05, 4.69) is 41.3 Å². The van der Waals surface area contributed by atoms with Gasteiger partial charge in [0.1, 0.15) is 35.3 Å². The van der Waals surface area contributed by atoms with Gasteiger partial charge in [0.2, 0.25) is 0 Å². The Hall–Kier alpha value is -4.70. The molecule has 1 saturated heterocycles. The number of carbonyl (C=O) groups is 1. The zero-order valence-electron chi connectivity index (χ0n) is 24.4. The average molecular weight is 685 g/mol. The van der Waals surface area contributed by atoms with Crippen LogP contribution in [0, 0.1) is 11.6 Å². The van der Waals surface area contributed by atoms with Gasteiger partial charge in [0.25, 0.3) is 0 Å². The molecule has 0 saturated carbocycles. The third-order valence-electron chi connectivity index (χ3n) is 6.92. The lowest BCUT2D eigenvalue weighted by Gasteiger charge is -2.41. The molecule has 45 heavy (non-hydrogen) atoms. The lowest BCUT2D eigenvalue weighted by atomic mass is 10.1. The van der Waals surface area contributed by atoms with Gasteiger partial charge < -0.3 is 24.8 Å².